The minimum absolute atomic E-state index is 0.446. The highest BCUT2D eigenvalue weighted by Crippen LogP contribution is 2.33. The van der Waals surface area contributed by atoms with Gasteiger partial charge < -0.3 is 9.47 Å². The van der Waals surface area contributed by atoms with Crippen molar-refractivity contribution in [3.8, 4) is 28.4 Å². The molecule has 1 N–H and O–H groups in total. The van der Waals surface area contributed by atoms with Gasteiger partial charge in [0.05, 0.1) is 26.1 Å². The Bertz CT molecular complexity index is 1230. The number of hydrogen-bond donors (Lipinski definition) is 1. The summed E-state index contributed by atoms with van der Waals surface area (Å²) in [5, 5.41) is 9.16. The van der Waals surface area contributed by atoms with Crippen molar-refractivity contribution in [2.75, 3.05) is 19.6 Å². The Balaban J connectivity index is 1.72. The molecule has 8 heteroatoms. The molecule has 162 valence electrons. The van der Waals surface area contributed by atoms with Crippen LogP contribution in [0.4, 0.5) is 5.95 Å². The molecule has 8 nitrogen and oxygen atoms in total. The third-order valence-corrected chi connectivity index (χ3v) is 4.77. The molecule has 32 heavy (non-hydrogen) atoms. The Labute approximate surface area is 186 Å². The highest BCUT2D eigenvalue weighted by molar-refractivity contribution is 5.89. The average Bonchev–Trinajstić information content (AvgIpc) is 3.22. The van der Waals surface area contributed by atoms with Crippen LogP contribution in [0.3, 0.4) is 0 Å². The lowest BCUT2D eigenvalue weighted by molar-refractivity contribution is 0.355. The molecule has 0 aliphatic carbocycles. The lowest BCUT2D eigenvalue weighted by atomic mass is 10.1. The number of aromatic nitrogens is 4. The summed E-state index contributed by atoms with van der Waals surface area (Å²) in [4.78, 5) is 8.71. The summed E-state index contributed by atoms with van der Waals surface area (Å²) in [7, 11) is 3.22. The molecule has 0 fully saturated rings. The molecule has 0 bridgehead atoms. The fraction of sp³-hybridized carbons (Fsp3) is 0.167. The van der Waals surface area contributed by atoms with Crippen LogP contribution < -0.4 is 14.9 Å². The number of aryl methyl sites for hydroxylation is 2. The van der Waals surface area contributed by atoms with Crippen molar-refractivity contribution in [3.05, 3.63) is 77.7 Å². The van der Waals surface area contributed by atoms with Crippen LogP contribution in [-0.2, 0) is 0 Å². The van der Waals surface area contributed by atoms with E-state index in [9.17, 15) is 0 Å². The summed E-state index contributed by atoms with van der Waals surface area (Å²) in [6.45, 7) is 3.84. The Kier molecular flexibility index (Phi) is 6.12. The topological polar surface area (TPSA) is 86.5 Å². The summed E-state index contributed by atoms with van der Waals surface area (Å²) < 4.78 is 12.7. The molecule has 4 aromatic rings. The second-order valence-electron chi connectivity index (χ2n) is 7.13. The number of benzene rings is 2. The first-order chi connectivity index (χ1) is 15.6. The van der Waals surface area contributed by atoms with E-state index in [1.165, 1.54) is 0 Å². The second kappa shape index (κ2) is 9.30. The molecule has 0 unspecified atom stereocenters. The SMILES string of the molecule is COc1ccc(-c2nn(-c3ccccc3)cc2/C=N/Nc2nc(C)cc(C)n2)cc1OC. The predicted molar refractivity (Wildman–Crippen MR) is 125 cm³/mol. The molecule has 4 rings (SSSR count). The van der Waals surface area contributed by atoms with Gasteiger partial charge in [0, 0.05) is 28.7 Å². The van der Waals surface area contributed by atoms with Crippen molar-refractivity contribution in [1.82, 2.24) is 19.7 Å². The molecule has 0 amide bonds. The zero-order valence-electron chi connectivity index (χ0n) is 18.4. The van der Waals surface area contributed by atoms with Crippen molar-refractivity contribution >= 4 is 12.2 Å². The molecular weight excluding hydrogens is 404 g/mol. The molecule has 0 saturated carbocycles. The summed E-state index contributed by atoms with van der Waals surface area (Å²) in [5.74, 6) is 1.73. The van der Waals surface area contributed by atoms with Crippen LogP contribution in [0.1, 0.15) is 17.0 Å². The van der Waals surface area contributed by atoms with Gasteiger partial charge in [0.1, 0.15) is 5.69 Å². The highest BCUT2D eigenvalue weighted by atomic mass is 16.5. The van der Waals surface area contributed by atoms with Gasteiger partial charge in [-0.15, -0.1) is 0 Å². The summed E-state index contributed by atoms with van der Waals surface area (Å²) >= 11 is 0. The van der Waals surface area contributed by atoms with Gasteiger partial charge in [-0.1, -0.05) is 18.2 Å². The minimum atomic E-state index is 0.446. The summed E-state index contributed by atoms with van der Waals surface area (Å²) in [6.07, 6.45) is 3.63. The van der Waals surface area contributed by atoms with E-state index in [1.54, 1.807) is 20.4 Å². The van der Waals surface area contributed by atoms with Crippen molar-refractivity contribution in [2.24, 2.45) is 5.10 Å². The van der Waals surface area contributed by atoms with E-state index in [2.05, 4.69) is 20.5 Å². The molecular formula is C24H24N6O2. The number of rotatable bonds is 7. The smallest absolute Gasteiger partial charge is 0.243 e. The lowest BCUT2D eigenvalue weighted by Crippen LogP contribution is -1.99. The number of ether oxygens (including phenoxy) is 2. The van der Waals surface area contributed by atoms with Gasteiger partial charge in [0.15, 0.2) is 11.5 Å². The number of para-hydroxylation sites is 1. The largest absolute Gasteiger partial charge is 0.493 e. The molecule has 0 saturated heterocycles. The fourth-order valence-electron chi connectivity index (χ4n) is 3.34. The molecule has 0 spiro atoms. The van der Waals surface area contributed by atoms with Gasteiger partial charge in [-0.2, -0.15) is 10.2 Å². The first kappa shape index (κ1) is 21.0. The van der Waals surface area contributed by atoms with Crippen LogP contribution in [0.2, 0.25) is 0 Å². The van der Waals surface area contributed by atoms with Gasteiger partial charge >= 0.3 is 0 Å². The summed E-state index contributed by atoms with van der Waals surface area (Å²) in [5.41, 5.74) is 8.04. The Hall–Kier alpha value is -4.20. The third kappa shape index (κ3) is 4.59. The monoisotopic (exact) mass is 428 g/mol. The zero-order valence-corrected chi connectivity index (χ0v) is 18.4. The predicted octanol–water partition coefficient (Wildman–Crippen LogP) is 4.41. The normalized spacial score (nSPS) is 11.0. The quantitative estimate of drug-likeness (QED) is 0.347. The molecule has 2 heterocycles. The van der Waals surface area contributed by atoms with Gasteiger partial charge in [-0.3, -0.25) is 0 Å². The second-order valence-corrected chi connectivity index (χ2v) is 7.13. The van der Waals surface area contributed by atoms with Gasteiger partial charge in [0.25, 0.3) is 0 Å². The van der Waals surface area contributed by atoms with Crippen LogP contribution in [0.15, 0.2) is 65.9 Å². The maximum atomic E-state index is 5.47. The minimum Gasteiger partial charge on any atom is -0.493 e. The first-order valence-electron chi connectivity index (χ1n) is 10.1. The van der Waals surface area contributed by atoms with E-state index in [-0.39, 0.29) is 0 Å². The number of methoxy groups -OCH3 is 2. The van der Waals surface area contributed by atoms with E-state index < -0.39 is 0 Å². The average molecular weight is 428 g/mol. The van der Waals surface area contributed by atoms with Crippen LogP contribution >= 0.6 is 0 Å². The van der Waals surface area contributed by atoms with E-state index in [0.29, 0.717) is 17.4 Å². The van der Waals surface area contributed by atoms with E-state index >= 15 is 0 Å². The van der Waals surface area contributed by atoms with Gasteiger partial charge in [0.2, 0.25) is 5.95 Å². The van der Waals surface area contributed by atoms with Gasteiger partial charge in [-0.25, -0.2) is 20.1 Å². The highest BCUT2D eigenvalue weighted by Gasteiger charge is 2.14. The van der Waals surface area contributed by atoms with Crippen molar-refractivity contribution in [2.45, 2.75) is 13.8 Å². The maximum absolute atomic E-state index is 5.47. The summed E-state index contributed by atoms with van der Waals surface area (Å²) in [6, 6.07) is 17.5. The van der Waals surface area contributed by atoms with Crippen LogP contribution in [0.25, 0.3) is 16.9 Å². The van der Waals surface area contributed by atoms with Crippen LogP contribution in [0.5, 0.6) is 11.5 Å². The van der Waals surface area contributed by atoms with Crippen molar-refractivity contribution in [1.29, 1.82) is 0 Å². The third-order valence-electron chi connectivity index (χ3n) is 4.77. The Morgan fingerprint density at radius 3 is 2.31 bits per heavy atom. The first-order valence-corrected chi connectivity index (χ1v) is 10.1. The van der Waals surface area contributed by atoms with Crippen LogP contribution in [-0.4, -0.2) is 40.2 Å². The molecule has 0 atom stereocenters. The standard InChI is InChI=1S/C24H24N6O2/c1-16-12-17(2)27-24(26-16)28-25-14-19-15-30(20-8-6-5-7-9-20)29-23(19)18-10-11-21(31-3)22(13-18)32-4/h5-15H,1-4H3,(H,26,27,28)/b25-14+. The van der Waals surface area contributed by atoms with Crippen molar-refractivity contribution in [3.63, 3.8) is 0 Å². The van der Waals surface area contributed by atoms with E-state index in [0.717, 1.165) is 33.9 Å². The zero-order chi connectivity index (χ0) is 22.5. The number of nitrogens with one attached hydrogen (secondary N) is 1. The number of hydrogen-bond acceptors (Lipinski definition) is 7. The van der Waals surface area contributed by atoms with Crippen LogP contribution in [0, 0.1) is 13.8 Å². The molecule has 0 aliphatic rings. The number of anilines is 1. The number of hydrazone groups is 1. The van der Waals surface area contributed by atoms with E-state index in [1.807, 2.05) is 79.3 Å². The molecule has 0 radical (unpaired) electrons. The molecule has 2 aromatic carbocycles. The Morgan fingerprint density at radius 1 is 0.906 bits per heavy atom. The number of nitrogens with zero attached hydrogens (tertiary/aromatic N) is 5. The van der Waals surface area contributed by atoms with E-state index in [4.69, 9.17) is 14.6 Å². The Morgan fingerprint density at radius 2 is 1.62 bits per heavy atom. The lowest BCUT2D eigenvalue weighted by Gasteiger charge is -2.09. The molecule has 0 aliphatic heterocycles. The van der Waals surface area contributed by atoms with Crippen molar-refractivity contribution < 1.29 is 9.47 Å². The maximum Gasteiger partial charge on any atom is 0.243 e. The van der Waals surface area contributed by atoms with Gasteiger partial charge in [-0.05, 0) is 50.2 Å². The molecule has 2 aromatic heterocycles. The fourth-order valence-corrected chi connectivity index (χ4v) is 3.34.